The summed E-state index contributed by atoms with van der Waals surface area (Å²) in [6.45, 7) is 0.297. The minimum atomic E-state index is -0.858. The van der Waals surface area contributed by atoms with Gasteiger partial charge in [-0.25, -0.2) is 4.98 Å². The Labute approximate surface area is 261 Å². The van der Waals surface area contributed by atoms with Crippen molar-refractivity contribution in [3.05, 3.63) is 71.3 Å². The first kappa shape index (κ1) is 29.8. The van der Waals surface area contributed by atoms with Crippen LogP contribution in [-0.4, -0.2) is 53.3 Å². The van der Waals surface area contributed by atoms with Crippen LogP contribution >= 0.6 is 22.9 Å². The van der Waals surface area contributed by atoms with Crippen LogP contribution in [0.5, 0.6) is 5.19 Å². The molecule has 9 heteroatoms. The van der Waals surface area contributed by atoms with E-state index in [-0.39, 0.29) is 42.0 Å². The molecule has 5 atom stereocenters. The molecule has 0 spiro atoms. The Kier molecular flexibility index (Phi) is 8.87. The van der Waals surface area contributed by atoms with Crippen LogP contribution in [0.2, 0.25) is 5.02 Å². The van der Waals surface area contributed by atoms with Gasteiger partial charge in [-0.1, -0.05) is 72.2 Å². The molecule has 1 amide bonds. The number of ether oxygens (including phenoxy) is 2. The monoisotopic (exact) mass is 620 g/mol. The zero-order chi connectivity index (χ0) is 30.0. The van der Waals surface area contributed by atoms with Gasteiger partial charge >= 0.3 is 5.97 Å². The third-order valence-corrected chi connectivity index (χ3v) is 10.3. The third-order valence-electron chi connectivity index (χ3n) is 9.19. The maximum Gasteiger partial charge on any atom is 0.312 e. The molecular formula is C34H37ClN2O5S. The lowest BCUT2D eigenvalue weighted by Crippen LogP contribution is -2.45. The summed E-state index contributed by atoms with van der Waals surface area (Å²) in [4.78, 5) is 47.8. The molecule has 0 bridgehead atoms. The quantitative estimate of drug-likeness (QED) is 0.230. The van der Waals surface area contributed by atoms with E-state index >= 15 is 0 Å². The van der Waals surface area contributed by atoms with Crippen molar-refractivity contribution in [2.75, 3.05) is 13.7 Å². The molecule has 6 rings (SSSR count). The van der Waals surface area contributed by atoms with Crippen molar-refractivity contribution in [3.63, 3.8) is 0 Å². The predicted octanol–water partition coefficient (Wildman–Crippen LogP) is 6.82. The summed E-state index contributed by atoms with van der Waals surface area (Å²) in [7, 11) is 1.38. The predicted molar refractivity (Wildman–Crippen MR) is 167 cm³/mol. The number of esters is 1. The number of ketones is 1. The summed E-state index contributed by atoms with van der Waals surface area (Å²) in [5, 5.41) is 1.17. The molecule has 1 aliphatic carbocycles. The topological polar surface area (TPSA) is 85.8 Å². The highest BCUT2D eigenvalue weighted by molar-refractivity contribution is 7.20. The van der Waals surface area contributed by atoms with Gasteiger partial charge < -0.3 is 14.4 Å². The highest BCUT2D eigenvalue weighted by atomic mass is 35.5. The Morgan fingerprint density at radius 1 is 1.14 bits per heavy atom. The van der Waals surface area contributed by atoms with Gasteiger partial charge in [0.1, 0.15) is 6.10 Å². The van der Waals surface area contributed by atoms with Gasteiger partial charge in [-0.15, -0.1) is 0 Å². The molecule has 1 aromatic heterocycles. The molecule has 1 saturated heterocycles. The molecule has 7 nitrogen and oxygen atoms in total. The van der Waals surface area contributed by atoms with Crippen LogP contribution in [0.3, 0.4) is 0 Å². The Morgan fingerprint density at radius 2 is 2.00 bits per heavy atom. The summed E-state index contributed by atoms with van der Waals surface area (Å²) < 4.78 is 12.5. The Bertz CT molecular complexity index is 1500. The van der Waals surface area contributed by atoms with E-state index in [1.807, 2.05) is 48.5 Å². The molecule has 3 heterocycles. The van der Waals surface area contributed by atoms with Crippen LogP contribution < -0.4 is 4.74 Å². The van der Waals surface area contributed by atoms with E-state index in [0.29, 0.717) is 36.0 Å². The van der Waals surface area contributed by atoms with Crippen LogP contribution in [0.25, 0.3) is 10.2 Å². The summed E-state index contributed by atoms with van der Waals surface area (Å²) in [5.41, 5.74) is 1.00. The number of carbonyl (C=O) groups excluding carboxylic acids is 3. The van der Waals surface area contributed by atoms with Crippen LogP contribution in [0.4, 0.5) is 0 Å². The van der Waals surface area contributed by atoms with Crippen molar-refractivity contribution in [1.29, 1.82) is 0 Å². The number of aromatic nitrogens is 1. The number of carbonyl (C=O) groups is 3. The molecule has 2 fully saturated rings. The number of methoxy groups -OCH3 is 1. The smallest absolute Gasteiger partial charge is 0.312 e. The van der Waals surface area contributed by atoms with Crippen molar-refractivity contribution in [3.8, 4) is 5.19 Å². The average Bonchev–Trinajstić information content (AvgIpc) is 3.31. The lowest BCUT2D eigenvalue weighted by atomic mass is 9.90. The number of fused-ring (bicyclic) bond motifs is 3. The van der Waals surface area contributed by atoms with E-state index in [1.54, 1.807) is 4.90 Å². The number of thiazole rings is 1. The second kappa shape index (κ2) is 12.8. The Hall–Kier alpha value is -3.23. The molecule has 2 aromatic carbocycles. The zero-order valence-electron chi connectivity index (χ0n) is 24.4. The fraction of sp³-hybridized carbons (Fsp3) is 0.471. The molecule has 43 heavy (non-hydrogen) atoms. The lowest BCUT2D eigenvalue weighted by Gasteiger charge is -2.29. The van der Waals surface area contributed by atoms with E-state index in [1.165, 1.54) is 18.4 Å². The van der Waals surface area contributed by atoms with Gasteiger partial charge in [0.25, 0.3) is 5.19 Å². The van der Waals surface area contributed by atoms with Gasteiger partial charge in [-0.2, -0.15) is 0 Å². The summed E-state index contributed by atoms with van der Waals surface area (Å²) in [6, 6.07) is 14.8. The molecule has 226 valence electrons. The molecule has 2 aliphatic heterocycles. The number of halogens is 1. The van der Waals surface area contributed by atoms with Gasteiger partial charge in [-0.05, 0) is 67.9 Å². The number of benzene rings is 2. The number of hydrogen-bond donors (Lipinski definition) is 0. The fourth-order valence-corrected chi connectivity index (χ4v) is 7.88. The SMILES string of the molecule is COC(=O)[C@]12CC(=O)[C@@H]3C[C@@H](Oc4nc5ccccc5s4)CN3C(=O)[C@@H](Cc3cccc(Cl)c3)CCCCC/C=C\[C@H]1C2. The molecular weight excluding hydrogens is 584 g/mol. The van der Waals surface area contributed by atoms with Crippen LogP contribution in [0.1, 0.15) is 56.9 Å². The number of rotatable bonds is 5. The van der Waals surface area contributed by atoms with Crippen molar-refractivity contribution in [1.82, 2.24) is 9.88 Å². The largest absolute Gasteiger partial charge is 0.469 e. The average molecular weight is 621 g/mol. The summed E-state index contributed by atoms with van der Waals surface area (Å²) >= 11 is 7.75. The number of Topliss-reactive ketones (excluding diaryl/α,β-unsaturated/α-hetero) is 1. The third kappa shape index (κ3) is 6.50. The molecule has 0 unspecified atom stereocenters. The highest BCUT2D eigenvalue weighted by Crippen LogP contribution is 2.57. The van der Waals surface area contributed by atoms with Crippen LogP contribution in [0.15, 0.2) is 60.7 Å². The number of nitrogens with zero attached hydrogens (tertiary/aromatic N) is 2. The molecule has 0 N–H and O–H groups in total. The first-order valence-corrected chi connectivity index (χ1v) is 16.4. The number of hydrogen-bond acceptors (Lipinski definition) is 7. The second-order valence-electron chi connectivity index (χ2n) is 12.1. The van der Waals surface area contributed by atoms with Crippen LogP contribution in [0, 0.1) is 17.3 Å². The number of para-hydroxylation sites is 1. The Balaban J connectivity index is 1.29. The van der Waals surface area contributed by atoms with Crippen LogP contribution in [-0.2, 0) is 25.5 Å². The van der Waals surface area contributed by atoms with Gasteiger partial charge in [0.05, 0.1) is 35.3 Å². The first-order chi connectivity index (χ1) is 20.9. The van der Waals surface area contributed by atoms with Gasteiger partial charge in [0.15, 0.2) is 5.78 Å². The minimum absolute atomic E-state index is 0.0232. The lowest BCUT2D eigenvalue weighted by molar-refractivity contribution is -0.150. The zero-order valence-corrected chi connectivity index (χ0v) is 25.9. The summed E-state index contributed by atoms with van der Waals surface area (Å²) in [5.74, 6) is -0.816. The minimum Gasteiger partial charge on any atom is -0.469 e. The molecule has 0 radical (unpaired) electrons. The normalized spacial score (nSPS) is 28.8. The number of allylic oxidation sites excluding steroid dienone is 2. The fourth-order valence-electron chi connectivity index (χ4n) is 6.79. The van der Waals surface area contributed by atoms with E-state index in [9.17, 15) is 14.4 Å². The molecule has 3 aliphatic rings. The highest BCUT2D eigenvalue weighted by Gasteiger charge is 2.61. The van der Waals surface area contributed by atoms with Gasteiger partial charge in [0.2, 0.25) is 5.91 Å². The van der Waals surface area contributed by atoms with Crippen molar-refractivity contribution >= 4 is 50.8 Å². The first-order valence-electron chi connectivity index (χ1n) is 15.2. The molecule has 1 saturated carbocycles. The molecule has 3 aromatic rings. The van der Waals surface area contributed by atoms with Crippen molar-refractivity contribution in [2.24, 2.45) is 17.3 Å². The van der Waals surface area contributed by atoms with Crippen molar-refractivity contribution < 1.29 is 23.9 Å². The maximum atomic E-state index is 14.4. The second-order valence-corrected chi connectivity index (χ2v) is 13.6. The summed E-state index contributed by atoms with van der Waals surface area (Å²) in [6.07, 6.45) is 9.96. The standard InChI is InChI=1S/C34H37ClN2O5S/c1-41-32(40)34-19-24(34)12-6-4-2-3-5-11-23(16-22-10-9-13-25(35)17-22)31(39)37-21-26(18-28(37)29(38)20-34)42-33-36-27-14-7-8-15-30(27)43-33/h6-10,12-15,17,23-24,26,28H,2-5,11,16,18-21H2,1H3/b12-6-/t23-,24+,26-,28+,34-/m1/s1. The maximum absolute atomic E-state index is 14.4. The Morgan fingerprint density at radius 3 is 2.81 bits per heavy atom. The van der Waals surface area contributed by atoms with E-state index in [4.69, 9.17) is 21.1 Å². The van der Waals surface area contributed by atoms with Crippen molar-refractivity contribution in [2.45, 2.75) is 69.9 Å². The van der Waals surface area contributed by atoms with Gasteiger partial charge in [0, 0.05) is 23.8 Å². The van der Waals surface area contributed by atoms with E-state index < -0.39 is 11.5 Å². The van der Waals surface area contributed by atoms with Gasteiger partial charge in [-0.3, -0.25) is 14.4 Å². The van der Waals surface area contributed by atoms with E-state index in [0.717, 1.165) is 47.9 Å². The van der Waals surface area contributed by atoms with E-state index in [2.05, 4.69) is 17.1 Å². The number of amides is 1.